The van der Waals surface area contributed by atoms with Gasteiger partial charge in [0.05, 0.1) is 5.56 Å². The molecular formula is C20H18FeO4. The van der Waals surface area contributed by atoms with Gasteiger partial charge in [0.1, 0.15) is 0 Å². The number of hydrogen-bond acceptors (Lipinski definition) is 2. The summed E-state index contributed by atoms with van der Waals surface area (Å²) >= 11 is 0. The Labute approximate surface area is 157 Å². The third kappa shape index (κ3) is 9.10. The molecule has 0 unspecified atom stereocenters. The van der Waals surface area contributed by atoms with Gasteiger partial charge in [-0.25, -0.2) is 16.9 Å². The van der Waals surface area contributed by atoms with Crippen LogP contribution in [0.25, 0.3) is 6.08 Å². The molecule has 0 amide bonds. The van der Waals surface area contributed by atoms with Crippen LogP contribution >= 0.6 is 0 Å². The Morgan fingerprint density at radius 1 is 0.960 bits per heavy atom. The SMILES string of the molecule is C=Cc1c[cH-]c(C(=O)O)c1.O=C(O)c1ccccc1.[Fe+2].c1cc[cH-]c1. The first-order valence-electron chi connectivity index (χ1n) is 7.12. The fourth-order valence-electron chi connectivity index (χ4n) is 1.62. The van der Waals surface area contributed by atoms with Crippen LogP contribution < -0.4 is 0 Å². The van der Waals surface area contributed by atoms with Gasteiger partial charge < -0.3 is 15.0 Å². The van der Waals surface area contributed by atoms with Gasteiger partial charge in [-0.3, -0.25) is 0 Å². The van der Waals surface area contributed by atoms with Crippen molar-refractivity contribution in [3.8, 4) is 0 Å². The molecule has 130 valence electrons. The zero-order valence-corrected chi connectivity index (χ0v) is 14.5. The van der Waals surface area contributed by atoms with Crippen LogP contribution in [0.5, 0.6) is 0 Å². The van der Waals surface area contributed by atoms with Crippen LogP contribution in [0, 0.1) is 0 Å². The summed E-state index contributed by atoms with van der Waals surface area (Å²) in [5.74, 6) is -1.77. The largest absolute Gasteiger partial charge is 2.00 e. The quantitative estimate of drug-likeness (QED) is 0.519. The molecule has 5 heteroatoms. The second kappa shape index (κ2) is 12.5. The molecule has 0 atom stereocenters. The molecule has 0 aromatic heterocycles. The molecule has 3 rings (SSSR count). The number of carboxylic acid groups (broad SMARTS) is 2. The standard InChI is InChI=1S/C8H7O2.C7H6O2.C5H5.Fe/c1-2-6-3-4-7(5-6)8(9)10;8-7(9)6-4-2-1-3-5-6;1-2-4-5-3-1;/h2-5H,1H2,(H,9,10);1-5H,(H,8,9);1-5H;/q-1;;-1;+2. The van der Waals surface area contributed by atoms with Crippen molar-refractivity contribution in [2.24, 2.45) is 0 Å². The fraction of sp³-hybridized carbons (Fsp3) is 0. The normalized spacial score (nSPS) is 8.48. The molecular weight excluding hydrogens is 360 g/mol. The first-order valence-corrected chi connectivity index (χ1v) is 7.12. The number of carboxylic acids is 2. The summed E-state index contributed by atoms with van der Waals surface area (Å²) in [7, 11) is 0. The van der Waals surface area contributed by atoms with Gasteiger partial charge in [0.2, 0.25) is 5.97 Å². The van der Waals surface area contributed by atoms with E-state index in [1.165, 1.54) is 0 Å². The van der Waals surface area contributed by atoms with Crippen molar-refractivity contribution in [2.45, 2.75) is 0 Å². The molecule has 3 aromatic carbocycles. The summed E-state index contributed by atoms with van der Waals surface area (Å²) in [6, 6.07) is 23.1. The number of rotatable bonds is 3. The van der Waals surface area contributed by atoms with E-state index in [1.807, 2.05) is 30.3 Å². The smallest absolute Gasteiger partial charge is 0.521 e. The zero-order chi connectivity index (χ0) is 17.8. The molecule has 4 nitrogen and oxygen atoms in total. The fourth-order valence-corrected chi connectivity index (χ4v) is 1.62. The van der Waals surface area contributed by atoms with Gasteiger partial charge in [-0.1, -0.05) is 23.8 Å². The second-order valence-electron chi connectivity index (χ2n) is 4.58. The summed E-state index contributed by atoms with van der Waals surface area (Å²) in [4.78, 5) is 20.5. The minimum Gasteiger partial charge on any atom is -0.521 e. The zero-order valence-electron chi connectivity index (χ0n) is 13.4. The Hall–Kier alpha value is -2.88. The van der Waals surface area contributed by atoms with Gasteiger partial charge >= 0.3 is 23.0 Å². The Morgan fingerprint density at radius 3 is 1.84 bits per heavy atom. The van der Waals surface area contributed by atoms with E-state index in [1.54, 1.807) is 54.6 Å². The van der Waals surface area contributed by atoms with Gasteiger partial charge in [0, 0.05) is 0 Å². The van der Waals surface area contributed by atoms with Crippen molar-refractivity contribution in [1.29, 1.82) is 0 Å². The molecule has 0 radical (unpaired) electrons. The summed E-state index contributed by atoms with van der Waals surface area (Å²) in [6.07, 6.45) is 1.62. The first kappa shape index (κ1) is 22.1. The van der Waals surface area contributed by atoms with Gasteiger partial charge in [-0.05, 0) is 12.1 Å². The third-order valence-electron chi connectivity index (χ3n) is 2.84. The molecule has 0 aliphatic rings. The van der Waals surface area contributed by atoms with Gasteiger partial charge in [-0.15, -0.1) is 30.4 Å². The summed E-state index contributed by atoms with van der Waals surface area (Å²) in [5.41, 5.74) is 1.49. The number of benzene rings is 1. The van der Waals surface area contributed by atoms with Crippen LogP contribution in [-0.4, -0.2) is 22.2 Å². The molecule has 0 heterocycles. The Morgan fingerprint density at radius 2 is 1.56 bits per heavy atom. The van der Waals surface area contributed by atoms with Crippen molar-refractivity contribution >= 4 is 18.0 Å². The summed E-state index contributed by atoms with van der Waals surface area (Å²) in [6.45, 7) is 3.51. The molecule has 0 spiro atoms. The van der Waals surface area contributed by atoms with Crippen LogP contribution in [0.3, 0.4) is 0 Å². The van der Waals surface area contributed by atoms with Crippen LogP contribution in [0.1, 0.15) is 26.3 Å². The molecule has 0 fully saturated rings. The second-order valence-corrected chi connectivity index (χ2v) is 4.58. The van der Waals surface area contributed by atoms with E-state index in [-0.39, 0.29) is 17.1 Å². The van der Waals surface area contributed by atoms with Crippen molar-refractivity contribution in [1.82, 2.24) is 0 Å². The van der Waals surface area contributed by atoms with E-state index in [2.05, 4.69) is 6.58 Å². The first-order chi connectivity index (χ1) is 11.5. The van der Waals surface area contributed by atoms with Crippen molar-refractivity contribution in [3.63, 3.8) is 0 Å². The Balaban J connectivity index is 0.000000355. The molecule has 0 saturated carbocycles. The third-order valence-corrected chi connectivity index (χ3v) is 2.84. The van der Waals surface area contributed by atoms with E-state index in [0.29, 0.717) is 11.1 Å². The minimum absolute atomic E-state index is 0. The maximum absolute atomic E-state index is 10.3. The predicted octanol–water partition coefficient (Wildman–Crippen LogP) is 4.53. The minimum atomic E-state index is -0.895. The van der Waals surface area contributed by atoms with E-state index >= 15 is 0 Å². The summed E-state index contributed by atoms with van der Waals surface area (Å²) < 4.78 is 0. The molecule has 2 N–H and O–H groups in total. The average molecular weight is 378 g/mol. The monoisotopic (exact) mass is 378 g/mol. The van der Waals surface area contributed by atoms with Crippen molar-refractivity contribution in [2.75, 3.05) is 0 Å². The molecule has 3 aromatic rings. The molecule has 0 bridgehead atoms. The number of aromatic carboxylic acids is 2. The van der Waals surface area contributed by atoms with Crippen molar-refractivity contribution < 1.29 is 36.9 Å². The maximum Gasteiger partial charge on any atom is 2.00 e. The Bertz CT molecular complexity index is 726. The summed E-state index contributed by atoms with van der Waals surface area (Å²) in [5, 5.41) is 16.8. The average Bonchev–Trinajstić information content (AvgIpc) is 3.30. The van der Waals surface area contributed by atoms with Crippen LogP contribution in [0.4, 0.5) is 0 Å². The number of carbonyl (C=O) groups is 2. The van der Waals surface area contributed by atoms with E-state index in [9.17, 15) is 9.59 Å². The molecule has 0 saturated heterocycles. The van der Waals surface area contributed by atoms with Gasteiger partial charge in [0.15, 0.2) is 0 Å². The number of hydrogen-bond donors (Lipinski definition) is 2. The Kier molecular flexibility index (Phi) is 11.1. The van der Waals surface area contributed by atoms with E-state index < -0.39 is 11.9 Å². The van der Waals surface area contributed by atoms with Crippen LogP contribution in [0.2, 0.25) is 0 Å². The molecule has 0 aliphatic heterocycles. The molecule has 25 heavy (non-hydrogen) atoms. The van der Waals surface area contributed by atoms with Crippen LogP contribution in [0.15, 0.2) is 85.4 Å². The van der Waals surface area contributed by atoms with Crippen molar-refractivity contribution in [3.05, 3.63) is 102 Å². The van der Waals surface area contributed by atoms with Gasteiger partial charge in [0.25, 0.3) is 0 Å². The topological polar surface area (TPSA) is 74.6 Å². The van der Waals surface area contributed by atoms with E-state index in [0.717, 1.165) is 5.56 Å². The molecule has 0 aliphatic carbocycles. The maximum atomic E-state index is 10.3. The van der Waals surface area contributed by atoms with Crippen LogP contribution in [-0.2, 0) is 17.1 Å². The predicted molar refractivity (Wildman–Crippen MR) is 94.5 cm³/mol. The van der Waals surface area contributed by atoms with E-state index in [4.69, 9.17) is 10.2 Å². The van der Waals surface area contributed by atoms with Gasteiger partial charge in [-0.2, -0.15) is 24.3 Å².